The first-order valence-corrected chi connectivity index (χ1v) is 9.41. The van der Waals surface area contributed by atoms with E-state index in [9.17, 15) is 13.0 Å². The number of phosphoric ester groups is 1. The fourth-order valence-corrected chi connectivity index (χ4v) is 4.58. The molecule has 0 radical (unpaired) electrons. The Bertz CT molecular complexity index is 592. The molecule has 1 rings (SSSR count). The van der Waals surface area contributed by atoms with E-state index in [2.05, 4.69) is 0 Å². The van der Waals surface area contributed by atoms with E-state index in [0.29, 0.717) is 0 Å². The fourth-order valence-electron chi connectivity index (χ4n) is 1.44. The van der Waals surface area contributed by atoms with Crippen LogP contribution in [0.2, 0.25) is 0 Å². The Kier molecular flexibility index (Phi) is 6.13. The largest absolute Gasteiger partial charge is 0.490 e. The second-order valence-corrected chi connectivity index (χ2v) is 8.39. The van der Waals surface area contributed by atoms with Crippen LogP contribution in [0.3, 0.4) is 0 Å². The van der Waals surface area contributed by atoms with Gasteiger partial charge in [-0.2, -0.15) is 12.4 Å². The van der Waals surface area contributed by atoms with Gasteiger partial charge in [-0.3, -0.25) is 9.05 Å². The fraction of sp³-hybridized carbons (Fsp3) is 0.538. The third kappa shape index (κ3) is 5.88. The molecule has 1 aromatic rings. The molecule has 0 atom stereocenters. The standard InChI is InChI=1S/C13H21O6PS/c1-10(2)17-20(14,18-11(3)4)19-21(15,16)13-8-6-12(5)7-9-13/h6-11H,1-5H3. The van der Waals surface area contributed by atoms with Crippen LogP contribution in [-0.2, 0) is 27.7 Å². The van der Waals surface area contributed by atoms with Crippen molar-refractivity contribution in [1.82, 2.24) is 0 Å². The maximum absolute atomic E-state index is 12.4. The van der Waals surface area contributed by atoms with Crippen LogP contribution in [0.4, 0.5) is 0 Å². The van der Waals surface area contributed by atoms with Crippen LogP contribution in [0.15, 0.2) is 29.2 Å². The van der Waals surface area contributed by atoms with Crippen LogP contribution in [0.5, 0.6) is 0 Å². The third-order valence-electron chi connectivity index (χ3n) is 2.18. The molecule has 0 spiro atoms. The van der Waals surface area contributed by atoms with E-state index < -0.39 is 30.1 Å². The summed E-state index contributed by atoms with van der Waals surface area (Å²) in [7, 11) is -8.46. The monoisotopic (exact) mass is 336 g/mol. The lowest BCUT2D eigenvalue weighted by atomic mass is 10.2. The topological polar surface area (TPSA) is 78.9 Å². The van der Waals surface area contributed by atoms with Gasteiger partial charge in [0, 0.05) is 0 Å². The smallest absolute Gasteiger partial charge is 0.283 e. The second kappa shape index (κ2) is 7.03. The lowest BCUT2D eigenvalue weighted by Crippen LogP contribution is -2.14. The molecule has 1 aromatic carbocycles. The molecule has 0 unspecified atom stereocenters. The summed E-state index contributed by atoms with van der Waals surface area (Å²) in [5, 5.41) is 0. The average molecular weight is 336 g/mol. The summed E-state index contributed by atoms with van der Waals surface area (Å²) in [6.45, 7) is 8.26. The van der Waals surface area contributed by atoms with E-state index in [-0.39, 0.29) is 4.90 Å². The number of rotatable bonds is 7. The molecular weight excluding hydrogens is 315 g/mol. The minimum Gasteiger partial charge on any atom is -0.283 e. The van der Waals surface area contributed by atoms with E-state index in [1.165, 1.54) is 12.1 Å². The van der Waals surface area contributed by atoms with Gasteiger partial charge < -0.3 is 0 Å². The minimum absolute atomic E-state index is 0.104. The van der Waals surface area contributed by atoms with Crippen molar-refractivity contribution >= 4 is 17.9 Å². The van der Waals surface area contributed by atoms with Crippen molar-refractivity contribution < 1.29 is 26.0 Å². The molecule has 0 aliphatic rings. The highest BCUT2D eigenvalue weighted by Gasteiger charge is 2.36. The van der Waals surface area contributed by atoms with Crippen molar-refractivity contribution in [3.05, 3.63) is 29.8 Å². The van der Waals surface area contributed by atoms with Crippen LogP contribution < -0.4 is 0 Å². The van der Waals surface area contributed by atoms with E-state index >= 15 is 0 Å². The van der Waals surface area contributed by atoms with E-state index in [0.717, 1.165) is 5.56 Å². The van der Waals surface area contributed by atoms with Gasteiger partial charge in [-0.15, -0.1) is 0 Å². The lowest BCUT2D eigenvalue weighted by Gasteiger charge is -2.21. The predicted octanol–water partition coefficient (Wildman–Crippen LogP) is 3.66. The maximum Gasteiger partial charge on any atom is 0.490 e. The van der Waals surface area contributed by atoms with Gasteiger partial charge in [-0.25, -0.2) is 4.57 Å². The molecule has 6 nitrogen and oxygen atoms in total. The summed E-state index contributed by atoms with van der Waals surface area (Å²) in [4.78, 5) is -0.104. The Balaban J connectivity index is 3.06. The maximum atomic E-state index is 12.4. The number of phosphoric acid groups is 1. The minimum atomic E-state index is -4.24. The molecule has 0 aliphatic heterocycles. The van der Waals surface area contributed by atoms with Gasteiger partial charge in [0.1, 0.15) is 0 Å². The summed E-state index contributed by atoms with van der Waals surface area (Å²) in [6.07, 6.45) is -1.02. The quantitative estimate of drug-likeness (QED) is 0.707. The van der Waals surface area contributed by atoms with Crippen molar-refractivity contribution in [3.63, 3.8) is 0 Å². The molecule has 0 heterocycles. The molecule has 0 amide bonds. The van der Waals surface area contributed by atoms with E-state index in [4.69, 9.17) is 13.0 Å². The number of hydrogen-bond acceptors (Lipinski definition) is 6. The molecule has 0 N–H and O–H groups in total. The summed E-state index contributed by atoms with van der Waals surface area (Å²) in [5.41, 5.74) is 0.897. The summed E-state index contributed by atoms with van der Waals surface area (Å²) in [6, 6.07) is 5.99. The lowest BCUT2D eigenvalue weighted by molar-refractivity contribution is 0.105. The molecule has 0 saturated heterocycles. The van der Waals surface area contributed by atoms with Gasteiger partial charge in [0.25, 0.3) is 0 Å². The average Bonchev–Trinajstić information content (AvgIpc) is 2.25. The zero-order chi connectivity index (χ0) is 16.3. The van der Waals surface area contributed by atoms with Crippen molar-refractivity contribution in [2.24, 2.45) is 0 Å². The summed E-state index contributed by atoms with van der Waals surface area (Å²) < 4.78 is 51.7. The van der Waals surface area contributed by atoms with Crippen LogP contribution in [0.25, 0.3) is 0 Å². The van der Waals surface area contributed by atoms with Crippen molar-refractivity contribution in [2.75, 3.05) is 0 Å². The highest BCUT2D eigenvalue weighted by Crippen LogP contribution is 2.53. The van der Waals surface area contributed by atoms with Gasteiger partial charge in [0.15, 0.2) is 0 Å². The van der Waals surface area contributed by atoms with Crippen LogP contribution >= 0.6 is 7.82 Å². The Labute approximate surface area is 126 Å². The third-order valence-corrected chi connectivity index (χ3v) is 5.90. The molecule has 0 bridgehead atoms. The normalized spacial score (nSPS) is 13.1. The van der Waals surface area contributed by atoms with Crippen LogP contribution in [0, 0.1) is 6.92 Å². The Hall–Kier alpha value is -0.720. The van der Waals surface area contributed by atoms with E-state index in [1.807, 2.05) is 6.92 Å². The van der Waals surface area contributed by atoms with Gasteiger partial charge in [0.05, 0.1) is 17.1 Å². The first-order chi connectivity index (χ1) is 9.54. The SMILES string of the molecule is Cc1ccc(S(=O)(=O)OP(=O)(OC(C)C)OC(C)C)cc1. The first-order valence-electron chi connectivity index (χ1n) is 6.54. The van der Waals surface area contributed by atoms with Crippen LogP contribution in [0.1, 0.15) is 33.3 Å². The Morgan fingerprint density at radius 3 is 1.76 bits per heavy atom. The molecule has 21 heavy (non-hydrogen) atoms. The van der Waals surface area contributed by atoms with Gasteiger partial charge >= 0.3 is 17.9 Å². The zero-order valence-electron chi connectivity index (χ0n) is 12.8. The highest BCUT2D eigenvalue weighted by atomic mass is 32.2. The highest BCUT2D eigenvalue weighted by molar-refractivity contribution is 7.90. The van der Waals surface area contributed by atoms with E-state index in [1.54, 1.807) is 39.8 Å². The van der Waals surface area contributed by atoms with Crippen molar-refractivity contribution in [2.45, 2.75) is 51.7 Å². The Morgan fingerprint density at radius 2 is 1.38 bits per heavy atom. The van der Waals surface area contributed by atoms with Gasteiger partial charge in [-0.1, -0.05) is 17.7 Å². The molecule has 120 valence electrons. The number of aryl methyl sites for hydroxylation is 1. The molecule has 0 fully saturated rings. The molecule has 0 saturated carbocycles. The predicted molar refractivity (Wildman–Crippen MR) is 79.5 cm³/mol. The summed E-state index contributed by atoms with van der Waals surface area (Å²) >= 11 is 0. The first kappa shape index (κ1) is 18.3. The van der Waals surface area contributed by atoms with Gasteiger partial charge in [-0.05, 0) is 46.8 Å². The zero-order valence-corrected chi connectivity index (χ0v) is 14.5. The van der Waals surface area contributed by atoms with Crippen molar-refractivity contribution in [3.8, 4) is 0 Å². The number of benzene rings is 1. The number of hydrogen-bond donors (Lipinski definition) is 0. The van der Waals surface area contributed by atoms with Gasteiger partial charge in [0.2, 0.25) is 0 Å². The second-order valence-electron chi connectivity index (χ2n) is 5.10. The van der Waals surface area contributed by atoms with Crippen molar-refractivity contribution in [1.29, 1.82) is 0 Å². The molecule has 8 heteroatoms. The Morgan fingerprint density at radius 1 is 0.952 bits per heavy atom. The molecule has 0 aliphatic carbocycles. The van der Waals surface area contributed by atoms with Crippen LogP contribution in [-0.4, -0.2) is 20.6 Å². The molecule has 0 aromatic heterocycles. The molecular formula is C13H21O6PS. The summed E-state index contributed by atoms with van der Waals surface area (Å²) in [5.74, 6) is 0.